The van der Waals surface area contributed by atoms with Gasteiger partial charge in [0.05, 0.1) is 6.54 Å². The van der Waals surface area contributed by atoms with Crippen LogP contribution in [0.25, 0.3) is 0 Å². The summed E-state index contributed by atoms with van der Waals surface area (Å²) in [5.74, 6) is -2.31. The molecule has 0 unspecified atom stereocenters. The Morgan fingerprint density at radius 1 is 1.12 bits per heavy atom. The SMILES string of the molecule is O=C(CCCCCN1C(=O)C=CC1=O)NCC(=O)N1CCC[C@H]1C(=O)O. The first kappa shape index (κ1) is 19.6. The van der Waals surface area contributed by atoms with Crippen LogP contribution in [-0.4, -0.2) is 70.2 Å². The fraction of sp³-hybridized carbons (Fsp3) is 0.588. The van der Waals surface area contributed by atoms with Gasteiger partial charge >= 0.3 is 5.97 Å². The van der Waals surface area contributed by atoms with Crippen LogP contribution in [-0.2, 0) is 24.0 Å². The van der Waals surface area contributed by atoms with Gasteiger partial charge in [0.2, 0.25) is 11.8 Å². The molecule has 1 fully saturated rings. The second kappa shape index (κ2) is 9.12. The highest BCUT2D eigenvalue weighted by Gasteiger charge is 2.33. The van der Waals surface area contributed by atoms with Gasteiger partial charge in [-0.15, -0.1) is 0 Å². The van der Waals surface area contributed by atoms with Crippen molar-refractivity contribution in [1.82, 2.24) is 15.1 Å². The van der Waals surface area contributed by atoms with Gasteiger partial charge in [-0.05, 0) is 25.7 Å². The number of imide groups is 1. The highest BCUT2D eigenvalue weighted by atomic mass is 16.4. The Morgan fingerprint density at radius 2 is 1.81 bits per heavy atom. The van der Waals surface area contributed by atoms with E-state index in [2.05, 4.69) is 5.32 Å². The molecule has 0 saturated carbocycles. The molecular weight excluding hydrogens is 342 g/mol. The van der Waals surface area contributed by atoms with E-state index in [0.717, 1.165) is 4.90 Å². The highest BCUT2D eigenvalue weighted by molar-refractivity contribution is 6.12. The third kappa shape index (κ3) is 5.14. The molecule has 0 aliphatic carbocycles. The maximum Gasteiger partial charge on any atom is 0.326 e. The second-order valence-corrected chi connectivity index (χ2v) is 6.33. The molecule has 1 atom stereocenters. The second-order valence-electron chi connectivity index (χ2n) is 6.33. The monoisotopic (exact) mass is 365 g/mol. The van der Waals surface area contributed by atoms with Gasteiger partial charge in [0, 0.05) is 31.7 Å². The third-order valence-corrected chi connectivity index (χ3v) is 4.48. The Hall–Kier alpha value is -2.71. The number of likely N-dealkylation sites (tertiary alicyclic amines) is 1. The van der Waals surface area contributed by atoms with Gasteiger partial charge in [-0.2, -0.15) is 0 Å². The first-order valence-electron chi connectivity index (χ1n) is 8.72. The molecule has 2 N–H and O–H groups in total. The molecule has 9 heteroatoms. The molecule has 2 heterocycles. The molecule has 0 radical (unpaired) electrons. The molecule has 0 aromatic heterocycles. The quantitative estimate of drug-likeness (QED) is 0.426. The minimum atomic E-state index is -1.02. The van der Waals surface area contributed by atoms with Crippen LogP contribution < -0.4 is 5.32 Å². The first-order chi connectivity index (χ1) is 12.4. The first-order valence-corrected chi connectivity index (χ1v) is 8.72. The van der Waals surface area contributed by atoms with Crippen molar-refractivity contribution in [3.8, 4) is 0 Å². The number of aliphatic carboxylic acids is 1. The summed E-state index contributed by atoms with van der Waals surface area (Å²) in [6.07, 6.45) is 5.65. The number of hydrogen-bond donors (Lipinski definition) is 2. The molecule has 4 amide bonds. The van der Waals surface area contributed by atoms with Crippen molar-refractivity contribution in [1.29, 1.82) is 0 Å². The minimum Gasteiger partial charge on any atom is -0.480 e. The molecule has 1 saturated heterocycles. The third-order valence-electron chi connectivity index (χ3n) is 4.48. The lowest BCUT2D eigenvalue weighted by Crippen LogP contribution is -2.45. The summed E-state index contributed by atoms with van der Waals surface area (Å²) in [6.45, 7) is 0.524. The Bertz CT molecular complexity index is 612. The van der Waals surface area contributed by atoms with E-state index in [4.69, 9.17) is 5.11 Å². The number of rotatable bonds is 9. The van der Waals surface area contributed by atoms with Crippen molar-refractivity contribution in [3.05, 3.63) is 12.2 Å². The summed E-state index contributed by atoms with van der Waals surface area (Å²) in [6, 6.07) is -0.801. The van der Waals surface area contributed by atoms with Gasteiger partial charge in [0.1, 0.15) is 6.04 Å². The maximum atomic E-state index is 12.0. The fourth-order valence-corrected chi connectivity index (χ4v) is 3.07. The summed E-state index contributed by atoms with van der Waals surface area (Å²) < 4.78 is 0. The zero-order chi connectivity index (χ0) is 19.1. The van der Waals surface area contributed by atoms with Crippen LogP contribution in [0.1, 0.15) is 38.5 Å². The molecule has 9 nitrogen and oxygen atoms in total. The van der Waals surface area contributed by atoms with Crippen molar-refractivity contribution in [2.75, 3.05) is 19.6 Å². The van der Waals surface area contributed by atoms with Gasteiger partial charge in [-0.3, -0.25) is 24.1 Å². The topological polar surface area (TPSA) is 124 Å². The van der Waals surface area contributed by atoms with E-state index in [1.165, 1.54) is 17.1 Å². The van der Waals surface area contributed by atoms with Crippen LogP contribution in [0.3, 0.4) is 0 Å². The number of hydrogen-bond acceptors (Lipinski definition) is 5. The lowest BCUT2D eigenvalue weighted by atomic mass is 10.2. The highest BCUT2D eigenvalue weighted by Crippen LogP contribution is 2.17. The van der Waals surface area contributed by atoms with Crippen LogP contribution >= 0.6 is 0 Å². The van der Waals surface area contributed by atoms with E-state index in [9.17, 15) is 24.0 Å². The Kier molecular flexibility index (Phi) is 6.88. The van der Waals surface area contributed by atoms with Crippen LogP contribution in [0.5, 0.6) is 0 Å². The van der Waals surface area contributed by atoms with Crippen LogP contribution in [0.4, 0.5) is 0 Å². The zero-order valence-electron chi connectivity index (χ0n) is 14.5. The average molecular weight is 365 g/mol. The van der Waals surface area contributed by atoms with E-state index < -0.39 is 12.0 Å². The lowest BCUT2D eigenvalue weighted by molar-refractivity contribution is -0.148. The predicted molar refractivity (Wildman–Crippen MR) is 89.7 cm³/mol. The summed E-state index contributed by atoms with van der Waals surface area (Å²) >= 11 is 0. The number of carbonyl (C=O) groups is 5. The van der Waals surface area contributed by atoms with E-state index in [1.807, 2.05) is 0 Å². The summed E-state index contributed by atoms with van der Waals surface area (Å²) in [5, 5.41) is 11.6. The molecule has 26 heavy (non-hydrogen) atoms. The summed E-state index contributed by atoms with van der Waals surface area (Å²) in [5.41, 5.74) is 0. The molecule has 0 bridgehead atoms. The number of carboxylic acid groups (broad SMARTS) is 1. The van der Waals surface area contributed by atoms with Crippen molar-refractivity contribution in [3.63, 3.8) is 0 Å². The number of nitrogens with one attached hydrogen (secondary N) is 1. The van der Waals surface area contributed by atoms with Gasteiger partial charge in [0.25, 0.3) is 11.8 Å². The Labute approximate surface area is 151 Å². The average Bonchev–Trinajstić information content (AvgIpc) is 3.21. The van der Waals surface area contributed by atoms with E-state index in [0.29, 0.717) is 45.2 Å². The van der Waals surface area contributed by atoms with Crippen LogP contribution in [0.2, 0.25) is 0 Å². The van der Waals surface area contributed by atoms with E-state index in [1.54, 1.807) is 0 Å². The molecule has 2 aliphatic rings. The standard InChI is InChI=1S/C17H23N3O6/c21-13(6-2-1-3-9-20-14(22)7-8-15(20)23)18-11-16(24)19-10-4-5-12(19)17(25)26/h7-8,12H,1-6,9-11H2,(H,18,21)(H,25,26)/t12-/m0/s1. The van der Waals surface area contributed by atoms with Gasteiger partial charge in [-0.1, -0.05) is 6.42 Å². The van der Waals surface area contributed by atoms with Crippen LogP contribution in [0.15, 0.2) is 12.2 Å². The number of amides is 4. The smallest absolute Gasteiger partial charge is 0.326 e. The van der Waals surface area contributed by atoms with E-state index in [-0.39, 0.29) is 36.6 Å². The van der Waals surface area contributed by atoms with Crippen molar-refractivity contribution >= 4 is 29.6 Å². The number of carboxylic acids is 1. The largest absolute Gasteiger partial charge is 0.480 e. The zero-order valence-corrected chi connectivity index (χ0v) is 14.5. The summed E-state index contributed by atoms with van der Waals surface area (Å²) in [7, 11) is 0. The molecule has 2 aliphatic heterocycles. The van der Waals surface area contributed by atoms with Gasteiger partial charge < -0.3 is 15.3 Å². The molecular formula is C17H23N3O6. The molecule has 142 valence electrons. The number of carbonyl (C=O) groups excluding carboxylic acids is 4. The summed E-state index contributed by atoms with van der Waals surface area (Å²) in [4.78, 5) is 60.0. The van der Waals surface area contributed by atoms with Crippen LogP contribution in [0, 0.1) is 0 Å². The number of unbranched alkanes of at least 4 members (excludes halogenated alkanes) is 2. The Morgan fingerprint density at radius 3 is 2.46 bits per heavy atom. The number of nitrogens with zero attached hydrogens (tertiary/aromatic N) is 2. The molecule has 2 rings (SSSR count). The van der Waals surface area contributed by atoms with Gasteiger partial charge in [-0.25, -0.2) is 4.79 Å². The minimum absolute atomic E-state index is 0.203. The lowest BCUT2D eigenvalue weighted by Gasteiger charge is -2.21. The normalized spacial score (nSPS) is 19.3. The van der Waals surface area contributed by atoms with Crippen molar-refractivity contribution in [2.24, 2.45) is 0 Å². The molecule has 0 aromatic rings. The Balaban J connectivity index is 1.57. The predicted octanol–water partition coefficient (Wildman–Crippen LogP) is -0.336. The maximum absolute atomic E-state index is 12.0. The van der Waals surface area contributed by atoms with Gasteiger partial charge in [0.15, 0.2) is 0 Å². The van der Waals surface area contributed by atoms with Crippen molar-refractivity contribution < 1.29 is 29.1 Å². The van der Waals surface area contributed by atoms with Crippen molar-refractivity contribution in [2.45, 2.75) is 44.6 Å². The molecule has 0 aromatic carbocycles. The van der Waals surface area contributed by atoms with E-state index >= 15 is 0 Å². The molecule has 0 spiro atoms. The fourth-order valence-electron chi connectivity index (χ4n) is 3.07.